The zero-order valence-electron chi connectivity index (χ0n) is 17.7. The molecule has 0 aliphatic heterocycles. The number of carbonyl (C=O) groups excluding carboxylic acids is 1. The lowest BCUT2D eigenvalue weighted by Crippen LogP contribution is -2.15. The average molecular weight is 430 g/mol. The molecule has 3 rings (SSSR count). The Morgan fingerprint density at radius 3 is 2.59 bits per heavy atom. The minimum absolute atomic E-state index is 0.0969. The van der Waals surface area contributed by atoms with E-state index in [0.29, 0.717) is 5.13 Å². The van der Waals surface area contributed by atoms with Gasteiger partial charge >= 0.3 is 0 Å². The summed E-state index contributed by atoms with van der Waals surface area (Å²) in [5.74, 6) is 1.40. The highest BCUT2D eigenvalue weighted by Crippen LogP contribution is 2.28. The van der Waals surface area contributed by atoms with Crippen molar-refractivity contribution in [1.29, 1.82) is 0 Å². The molecule has 0 saturated carbocycles. The van der Waals surface area contributed by atoms with Crippen molar-refractivity contribution in [1.82, 2.24) is 19.7 Å². The molecule has 2 aromatic heterocycles. The summed E-state index contributed by atoms with van der Waals surface area (Å²) >= 11 is 2.84. The molecule has 0 fully saturated rings. The van der Waals surface area contributed by atoms with Crippen LogP contribution in [0, 0.1) is 13.8 Å². The minimum Gasteiger partial charge on any atom is -0.303 e. The smallest absolute Gasteiger partial charge is 0.236 e. The van der Waals surface area contributed by atoms with Crippen molar-refractivity contribution in [2.75, 3.05) is 11.1 Å². The normalized spacial score (nSPS) is 11.4. The third-order valence-electron chi connectivity index (χ3n) is 4.61. The summed E-state index contributed by atoms with van der Waals surface area (Å²) in [5, 5.41) is 14.8. The predicted octanol–water partition coefficient (Wildman–Crippen LogP) is 5.45. The monoisotopic (exact) mass is 429 g/mol. The number of benzene rings is 1. The Hall–Kier alpha value is -2.19. The molecule has 0 spiro atoms. The fraction of sp³-hybridized carbons (Fsp3) is 0.429. The van der Waals surface area contributed by atoms with E-state index in [0.717, 1.165) is 22.2 Å². The maximum absolute atomic E-state index is 12.4. The number of aryl methyl sites for hydroxylation is 2. The van der Waals surface area contributed by atoms with Gasteiger partial charge in [0.2, 0.25) is 5.91 Å². The molecule has 8 heteroatoms. The number of hydrogen-bond donors (Lipinski definition) is 1. The highest BCUT2D eigenvalue weighted by atomic mass is 32.2. The van der Waals surface area contributed by atoms with Gasteiger partial charge in [0.1, 0.15) is 5.82 Å². The number of hydrogen-bond acceptors (Lipinski definition) is 6. The number of anilines is 1. The Morgan fingerprint density at radius 1 is 1.17 bits per heavy atom. The van der Waals surface area contributed by atoms with Crippen LogP contribution in [-0.2, 0) is 4.79 Å². The molecule has 1 amide bonds. The second-order valence-corrected chi connectivity index (χ2v) is 9.43. The summed E-state index contributed by atoms with van der Waals surface area (Å²) in [5.41, 5.74) is 4.42. The van der Waals surface area contributed by atoms with E-state index >= 15 is 0 Å². The van der Waals surface area contributed by atoms with Gasteiger partial charge in [0.15, 0.2) is 10.3 Å². The molecule has 3 aromatic rings. The van der Waals surface area contributed by atoms with Crippen LogP contribution < -0.4 is 5.32 Å². The fourth-order valence-corrected chi connectivity index (χ4v) is 4.53. The van der Waals surface area contributed by atoms with Crippen molar-refractivity contribution in [3.63, 3.8) is 0 Å². The highest BCUT2D eigenvalue weighted by Gasteiger charge is 2.18. The zero-order chi connectivity index (χ0) is 21.1. The van der Waals surface area contributed by atoms with E-state index in [1.165, 1.54) is 34.2 Å². The summed E-state index contributed by atoms with van der Waals surface area (Å²) in [7, 11) is 0. The third kappa shape index (κ3) is 5.05. The molecule has 0 aliphatic carbocycles. The van der Waals surface area contributed by atoms with E-state index in [1.54, 1.807) is 0 Å². The zero-order valence-corrected chi connectivity index (χ0v) is 19.3. The Bertz CT molecular complexity index is 1010. The molecular formula is C21H27N5OS2. The van der Waals surface area contributed by atoms with Crippen LogP contribution in [0.4, 0.5) is 5.13 Å². The lowest BCUT2D eigenvalue weighted by molar-refractivity contribution is -0.113. The first-order valence-electron chi connectivity index (χ1n) is 9.66. The lowest BCUT2D eigenvalue weighted by Gasteiger charge is -2.15. The van der Waals surface area contributed by atoms with Crippen molar-refractivity contribution >= 4 is 34.1 Å². The van der Waals surface area contributed by atoms with Crippen molar-refractivity contribution in [2.24, 2.45) is 0 Å². The topological polar surface area (TPSA) is 72.7 Å². The molecular weight excluding hydrogens is 402 g/mol. The predicted molar refractivity (Wildman–Crippen MR) is 121 cm³/mol. The number of rotatable bonds is 7. The summed E-state index contributed by atoms with van der Waals surface area (Å²) in [6, 6.07) is 6.52. The number of aromatic nitrogens is 4. The van der Waals surface area contributed by atoms with Crippen molar-refractivity contribution < 1.29 is 4.79 Å². The van der Waals surface area contributed by atoms with Crippen LogP contribution in [0.25, 0.3) is 11.3 Å². The quantitative estimate of drug-likeness (QED) is 0.505. The molecule has 6 nitrogen and oxygen atoms in total. The fourth-order valence-electron chi connectivity index (χ4n) is 2.92. The Morgan fingerprint density at radius 2 is 1.93 bits per heavy atom. The van der Waals surface area contributed by atoms with Crippen LogP contribution in [0.1, 0.15) is 56.6 Å². The highest BCUT2D eigenvalue weighted by molar-refractivity contribution is 7.99. The van der Waals surface area contributed by atoms with Crippen LogP contribution >= 0.6 is 23.1 Å². The Labute approximate surface area is 180 Å². The summed E-state index contributed by atoms with van der Waals surface area (Å²) in [6.07, 6.45) is 0. The largest absolute Gasteiger partial charge is 0.303 e. The molecule has 1 N–H and O–H groups in total. The van der Waals surface area contributed by atoms with Gasteiger partial charge in [0.05, 0.1) is 11.4 Å². The minimum atomic E-state index is -0.0969. The van der Waals surface area contributed by atoms with Gasteiger partial charge in [-0.15, -0.1) is 21.5 Å². The number of thiazole rings is 1. The van der Waals surface area contributed by atoms with E-state index in [4.69, 9.17) is 0 Å². The number of amides is 1. The van der Waals surface area contributed by atoms with Gasteiger partial charge in [-0.25, -0.2) is 4.98 Å². The van der Waals surface area contributed by atoms with Crippen molar-refractivity contribution in [2.45, 2.75) is 58.7 Å². The summed E-state index contributed by atoms with van der Waals surface area (Å²) in [6.45, 7) is 12.6. The Kier molecular flexibility index (Phi) is 6.74. The van der Waals surface area contributed by atoms with Gasteiger partial charge in [-0.2, -0.15) is 0 Å². The average Bonchev–Trinajstić information content (AvgIpc) is 3.29. The van der Waals surface area contributed by atoms with Crippen molar-refractivity contribution in [3.05, 3.63) is 40.5 Å². The first kappa shape index (κ1) is 21.5. The van der Waals surface area contributed by atoms with Gasteiger partial charge in [-0.3, -0.25) is 4.79 Å². The lowest BCUT2D eigenvalue weighted by atomic mass is 10.1. The van der Waals surface area contributed by atoms with E-state index in [1.807, 2.05) is 5.38 Å². The van der Waals surface area contributed by atoms with Crippen LogP contribution in [0.5, 0.6) is 0 Å². The number of carbonyl (C=O) groups is 1. The first-order valence-corrected chi connectivity index (χ1v) is 11.5. The molecule has 154 valence electrons. The number of thioether (sulfide) groups is 1. The van der Waals surface area contributed by atoms with Crippen LogP contribution in [0.2, 0.25) is 0 Å². The molecule has 1 aromatic carbocycles. The van der Waals surface area contributed by atoms with E-state index < -0.39 is 0 Å². The SMILES string of the molecule is Cc1ccc(-c2csc(NC(=O)CSc3nnc(C(C)C)n3C(C)C)n2)cc1C. The maximum Gasteiger partial charge on any atom is 0.236 e. The van der Waals surface area contributed by atoms with Crippen LogP contribution in [0.15, 0.2) is 28.7 Å². The third-order valence-corrected chi connectivity index (χ3v) is 6.31. The molecule has 0 atom stereocenters. The Balaban J connectivity index is 1.64. The second-order valence-electron chi connectivity index (χ2n) is 7.63. The van der Waals surface area contributed by atoms with Crippen molar-refractivity contribution in [3.8, 4) is 11.3 Å². The number of nitrogens with zero attached hydrogens (tertiary/aromatic N) is 4. The number of nitrogens with one attached hydrogen (secondary N) is 1. The van der Waals surface area contributed by atoms with E-state index in [9.17, 15) is 4.79 Å². The summed E-state index contributed by atoms with van der Waals surface area (Å²) < 4.78 is 2.10. The van der Waals surface area contributed by atoms with Gasteiger partial charge in [-0.05, 0) is 44.9 Å². The molecule has 2 heterocycles. The van der Waals surface area contributed by atoms with Crippen LogP contribution in [0.3, 0.4) is 0 Å². The van der Waals surface area contributed by atoms with Crippen LogP contribution in [-0.4, -0.2) is 31.4 Å². The standard InChI is InChI=1S/C21H27N5OS2/c1-12(2)19-24-25-21(26(19)13(3)4)29-11-18(27)23-20-22-17(10-28-20)16-8-7-14(5)15(6)9-16/h7-10,12-13H,11H2,1-6H3,(H,22,23,27). The maximum atomic E-state index is 12.4. The van der Waals surface area contributed by atoms with Gasteiger partial charge in [-0.1, -0.05) is 37.7 Å². The summed E-state index contributed by atoms with van der Waals surface area (Å²) in [4.78, 5) is 17.0. The van der Waals surface area contributed by atoms with E-state index in [-0.39, 0.29) is 23.6 Å². The molecule has 0 bridgehead atoms. The van der Waals surface area contributed by atoms with Gasteiger partial charge in [0.25, 0.3) is 0 Å². The molecule has 0 unspecified atom stereocenters. The molecule has 29 heavy (non-hydrogen) atoms. The second kappa shape index (κ2) is 9.09. The van der Waals surface area contributed by atoms with Gasteiger partial charge in [0, 0.05) is 22.9 Å². The molecule has 0 radical (unpaired) electrons. The first-order chi connectivity index (χ1) is 13.8. The molecule has 0 saturated heterocycles. The molecule has 0 aliphatic rings. The van der Waals surface area contributed by atoms with Gasteiger partial charge < -0.3 is 9.88 Å². The van der Waals surface area contributed by atoms with E-state index in [2.05, 4.69) is 84.8 Å².